The summed E-state index contributed by atoms with van der Waals surface area (Å²) in [6, 6.07) is 0. The third-order valence-electron chi connectivity index (χ3n) is 5.49. The van der Waals surface area contributed by atoms with Crippen molar-refractivity contribution in [1.29, 1.82) is 0 Å². The van der Waals surface area contributed by atoms with Gasteiger partial charge in [-0.2, -0.15) is 0 Å². The fourth-order valence-electron chi connectivity index (χ4n) is 3.53. The molecule has 0 atom stereocenters. The lowest BCUT2D eigenvalue weighted by molar-refractivity contribution is -0.138. The highest BCUT2D eigenvalue weighted by Crippen LogP contribution is 2.12. The summed E-state index contributed by atoms with van der Waals surface area (Å²) in [5.41, 5.74) is 0. The van der Waals surface area contributed by atoms with Gasteiger partial charge in [0.15, 0.2) is 0 Å². The van der Waals surface area contributed by atoms with Gasteiger partial charge in [0.1, 0.15) is 0 Å². The summed E-state index contributed by atoms with van der Waals surface area (Å²) in [6.07, 6.45) is 25.8. The topological polar surface area (TPSA) is 135 Å². The van der Waals surface area contributed by atoms with E-state index in [1.807, 2.05) is 0 Å². The lowest BCUT2D eigenvalue weighted by atomic mass is 10.1. The number of aliphatic hydroxyl groups excluding tert-OH is 3. The van der Waals surface area contributed by atoms with Gasteiger partial charge in [-0.25, -0.2) is 0 Å². The van der Waals surface area contributed by atoms with E-state index in [9.17, 15) is 9.59 Å². The molecule has 7 nitrogen and oxygen atoms in total. The summed E-state index contributed by atoms with van der Waals surface area (Å²) >= 11 is 0. The third kappa shape index (κ3) is 85.7. The van der Waals surface area contributed by atoms with Gasteiger partial charge >= 0.3 is 11.9 Å². The second-order valence-electron chi connectivity index (χ2n) is 9.60. The predicted octanol–water partition coefficient (Wildman–Crippen LogP) is 8.76. The van der Waals surface area contributed by atoms with Gasteiger partial charge in [0.25, 0.3) is 0 Å². The van der Waals surface area contributed by atoms with E-state index in [0.717, 1.165) is 25.7 Å². The lowest BCUT2D eigenvalue weighted by Gasteiger charge is -2.01. The highest BCUT2D eigenvalue weighted by molar-refractivity contribution is 5.66. The summed E-state index contributed by atoms with van der Waals surface area (Å²) < 4.78 is 0. The van der Waals surface area contributed by atoms with Gasteiger partial charge in [-0.3, -0.25) is 9.59 Å². The molecule has 5 N–H and O–H groups in total. The van der Waals surface area contributed by atoms with Crippen LogP contribution in [0.3, 0.4) is 0 Å². The zero-order valence-electron chi connectivity index (χ0n) is 26.7. The zero-order valence-corrected chi connectivity index (χ0v) is 26.7. The Morgan fingerprint density at radius 1 is 0.359 bits per heavy atom. The van der Waals surface area contributed by atoms with Crippen molar-refractivity contribution in [3.63, 3.8) is 0 Å². The first-order chi connectivity index (χ1) is 18.8. The molecule has 0 amide bonds. The molecule has 0 aliphatic carbocycles. The van der Waals surface area contributed by atoms with Gasteiger partial charge in [0.2, 0.25) is 0 Å². The molecule has 0 aromatic carbocycles. The Morgan fingerprint density at radius 3 is 0.667 bits per heavy atom. The normalized spacial score (nSPS) is 9.44. The highest BCUT2D eigenvalue weighted by atomic mass is 16.4. The summed E-state index contributed by atoms with van der Waals surface area (Å²) in [6.45, 7) is 10.3. The van der Waals surface area contributed by atoms with E-state index < -0.39 is 11.9 Å². The molecule has 0 spiro atoms. The van der Waals surface area contributed by atoms with Gasteiger partial charge in [-0.05, 0) is 33.6 Å². The molecule has 0 bridgehead atoms. The minimum Gasteiger partial charge on any atom is -0.481 e. The molecule has 0 aliphatic heterocycles. The molecular formula is C32H70O7. The monoisotopic (exact) mass is 567 g/mol. The van der Waals surface area contributed by atoms with E-state index in [4.69, 9.17) is 25.5 Å². The average molecular weight is 567 g/mol. The maximum absolute atomic E-state index is 10.3. The summed E-state index contributed by atoms with van der Waals surface area (Å²) in [4.78, 5) is 20.5. The largest absolute Gasteiger partial charge is 0.481 e. The van der Waals surface area contributed by atoms with Gasteiger partial charge < -0.3 is 25.5 Å². The molecule has 240 valence electrons. The molecular weight excluding hydrogens is 496 g/mol. The maximum atomic E-state index is 10.3. The molecule has 0 saturated carbocycles. The highest BCUT2D eigenvalue weighted by Gasteiger charge is 1.97. The van der Waals surface area contributed by atoms with Crippen molar-refractivity contribution >= 4 is 11.9 Å². The molecule has 0 aliphatic rings. The van der Waals surface area contributed by atoms with Crippen molar-refractivity contribution in [2.45, 2.75) is 176 Å². The van der Waals surface area contributed by atoms with Crippen molar-refractivity contribution in [3.05, 3.63) is 0 Å². The van der Waals surface area contributed by atoms with Gasteiger partial charge in [-0.15, -0.1) is 0 Å². The lowest BCUT2D eigenvalue weighted by Crippen LogP contribution is -1.93. The number of aliphatic hydroxyl groups is 3. The summed E-state index contributed by atoms with van der Waals surface area (Å²) in [7, 11) is 0. The Balaban J connectivity index is -0.000000152. The molecule has 39 heavy (non-hydrogen) atoms. The number of hydrogen-bond acceptors (Lipinski definition) is 5. The van der Waals surface area contributed by atoms with Crippen molar-refractivity contribution in [2.75, 3.05) is 19.8 Å². The molecule has 0 aromatic heterocycles. The van der Waals surface area contributed by atoms with Gasteiger partial charge in [0, 0.05) is 32.7 Å². The standard InChI is InChI=1S/C14H28O2.C12H24O2.3C2H6O/c1-2-3-4-5-6-7-8-9-10-11-12-13-14(15)16;1-2-3-4-5-6-7-8-9-10-11-12(13)14;3*1-2-3/h2-13H2,1H3,(H,15,16);2-11H2,1H3,(H,13,14);3*3H,2H2,1H3. The summed E-state index contributed by atoms with van der Waals surface area (Å²) in [5.74, 6) is -1.32. The Kier molecular flexibility index (Phi) is 64.8. The number of carboxylic acids is 2. The SMILES string of the molecule is CCCCCCCCCCCC(=O)O.CCCCCCCCCCCCCC(=O)O.CCO.CCO.CCO. The summed E-state index contributed by atoms with van der Waals surface area (Å²) in [5, 5.41) is 39.6. The van der Waals surface area contributed by atoms with E-state index in [1.54, 1.807) is 20.8 Å². The van der Waals surface area contributed by atoms with Crippen molar-refractivity contribution in [3.8, 4) is 0 Å². The maximum Gasteiger partial charge on any atom is 0.303 e. The number of rotatable bonds is 22. The molecule has 7 heteroatoms. The molecule has 0 unspecified atom stereocenters. The molecule has 0 radical (unpaired) electrons. The van der Waals surface area contributed by atoms with E-state index in [2.05, 4.69) is 13.8 Å². The Morgan fingerprint density at radius 2 is 0.513 bits per heavy atom. The first-order valence-electron chi connectivity index (χ1n) is 16.0. The number of carbonyl (C=O) groups is 2. The molecule has 0 saturated heterocycles. The molecule has 0 rings (SSSR count). The first-order valence-corrected chi connectivity index (χ1v) is 16.0. The molecule has 0 heterocycles. The van der Waals surface area contributed by atoms with Crippen LogP contribution in [0.5, 0.6) is 0 Å². The Bertz CT molecular complexity index is 399. The van der Waals surface area contributed by atoms with E-state index in [-0.39, 0.29) is 19.8 Å². The molecule has 0 fully saturated rings. The van der Waals surface area contributed by atoms with Crippen LogP contribution in [0.15, 0.2) is 0 Å². The minimum absolute atomic E-state index is 0.250. The van der Waals surface area contributed by atoms with Crippen LogP contribution >= 0.6 is 0 Å². The molecule has 0 aromatic rings. The average Bonchev–Trinajstić information content (AvgIpc) is 2.88. The van der Waals surface area contributed by atoms with Crippen LogP contribution in [-0.2, 0) is 9.59 Å². The van der Waals surface area contributed by atoms with Crippen LogP contribution in [-0.4, -0.2) is 57.3 Å². The second kappa shape index (κ2) is 53.1. The van der Waals surface area contributed by atoms with Crippen LogP contribution in [0.4, 0.5) is 0 Å². The van der Waals surface area contributed by atoms with Crippen molar-refractivity contribution in [2.24, 2.45) is 0 Å². The van der Waals surface area contributed by atoms with E-state index in [1.165, 1.54) is 103 Å². The van der Waals surface area contributed by atoms with Gasteiger partial charge in [-0.1, -0.05) is 129 Å². The van der Waals surface area contributed by atoms with E-state index in [0.29, 0.717) is 12.8 Å². The number of hydrogen-bond donors (Lipinski definition) is 5. The first kappa shape index (κ1) is 47.6. The van der Waals surface area contributed by atoms with Crippen LogP contribution in [0, 0.1) is 0 Å². The van der Waals surface area contributed by atoms with Crippen LogP contribution in [0.1, 0.15) is 176 Å². The van der Waals surface area contributed by atoms with E-state index >= 15 is 0 Å². The second-order valence-corrected chi connectivity index (χ2v) is 9.60. The minimum atomic E-state index is -0.659. The fraction of sp³-hybridized carbons (Fsp3) is 0.938. The van der Waals surface area contributed by atoms with Crippen molar-refractivity contribution < 1.29 is 35.1 Å². The van der Waals surface area contributed by atoms with Gasteiger partial charge in [0.05, 0.1) is 0 Å². The smallest absolute Gasteiger partial charge is 0.303 e. The third-order valence-corrected chi connectivity index (χ3v) is 5.49. The van der Waals surface area contributed by atoms with Crippen LogP contribution in [0.2, 0.25) is 0 Å². The number of unbranched alkanes of at least 4 members (excludes halogenated alkanes) is 18. The zero-order chi connectivity index (χ0) is 30.8. The Labute approximate surface area is 242 Å². The van der Waals surface area contributed by atoms with Crippen LogP contribution in [0.25, 0.3) is 0 Å². The number of aliphatic carboxylic acids is 2. The predicted molar refractivity (Wildman–Crippen MR) is 166 cm³/mol. The van der Waals surface area contributed by atoms with Crippen LogP contribution < -0.4 is 0 Å². The quantitative estimate of drug-likeness (QED) is 0.0826. The number of carboxylic acid groups (broad SMARTS) is 2. The van der Waals surface area contributed by atoms with Crippen molar-refractivity contribution in [1.82, 2.24) is 0 Å². The fourth-order valence-corrected chi connectivity index (χ4v) is 3.53. The Hall–Kier alpha value is -1.18.